The Balaban J connectivity index is 1.06. The highest BCUT2D eigenvalue weighted by molar-refractivity contribution is 7.26. The SMILES string of the molecule is c1ccc(-c2ccc(-c3ccc4sc5cccc(-c6nc(-c7ccccc7)nc(-c7cccc(-c8cccc9oc%10ccccc%10c89)c7)n6)c5c4c3)cc2)cc1. The molecular formula is C51H31N3OS. The van der Waals surface area contributed by atoms with Gasteiger partial charge in [0.2, 0.25) is 0 Å². The first-order valence-electron chi connectivity index (χ1n) is 18.7. The number of hydrogen-bond donors (Lipinski definition) is 0. The second kappa shape index (κ2) is 13.3. The average molecular weight is 734 g/mol. The number of fused-ring (bicyclic) bond motifs is 6. The molecule has 8 aromatic carbocycles. The van der Waals surface area contributed by atoms with Crippen LogP contribution in [0.1, 0.15) is 0 Å². The van der Waals surface area contributed by atoms with E-state index in [2.05, 4.69) is 152 Å². The van der Waals surface area contributed by atoms with Crippen LogP contribution in [0.15, 0.2) is 192 Å². The first kappa shape index (κ1) is 32.2. The molecule has 0 unspecified atom stereocenters. The van der Waals surface area contributed by atoms with Gasteiger partial charge < -0.3 is 4.42 Å². The number of benzene rings is 8. The Morgan fingerprint density at radius 1 is 0.321 bits per heavy atom. The van der Waals surface area contributed by atoms with Crippen molar-refractivity contribution in [1.29, 1.82) is 0 Å². The van der Waals surface area contributed by atoms with Crippen molar-refractivity contribution in [2.75, 3.05) is 0 Å². The first-order valence-corrected chi connectivity index (χ1v) is 19.5. The molecule has 0 saturated carbocycles. The summed E-state index contributed by atoms with van der Waals surface area (Å²) in [4.78, 5) is 15.5. The van der Waals surface area contributed by atoms with E-state index in [1.807, 2.05) is 36.4 Å². The largest absolute Gasteiger partial charge is 0.456 e. The molecule has 0 spiro atoms. The summed E-state index contributed by atoms with van der Waals surface area (Å²) < 4.78 is 8.66. The van der Waals surface area contributed by atoms with Crippen molar-refractivity contribution in [2.24, 2.45) is 0 Å². The predicted molar refractivity (Wildman–Crippen MR) is 233 cm³/mol. The maximum Gasteiger partial charge on any atom is 0.164 e. The third kappa shape index (κ3) is 5.56. The van der Waals surface area contributed by atoms with Crippen molar-refractivity contribution >= 4 is 53.4 Å². The van der Waals surface area contributed by atoms with Crippen LogP contribution in [0.4, 0.5) is 0 Å². The molecule has 0 N–H and O–H groups in total. The molecular weight excluding hydrogens is 703 g/mol. The fraction of sp³-hybridized carbons (Fsp3) is 0. The summed E-state index contributed by atoms with van der Waals surface area (Å²) in [5.41, 5.74) is 11.5. The van der Waals surface area contributed by atoms with Gasteiger partial charge in [0, 0.05) is 47.6 Å². The molecule has 0 amide bonds. The van der Waals surface area contributed by atoms with E-state index in [0.29, 0.717) is 17.5 Å². The lowest BCUT2D eigenvalue weighted by atomic mass is 9.97. The molecule has 0 aliphatic heterocycles. The standard InChI is InChI=1S/C51H31N3OS/c1-3-12-32(13-4-1)33-24-26-34(27-25-33)36-28-29-45-42(31-36)48-41(20-11-23-46(48)56-45)51-53-49(35-14-5-2-6-15-35)52-50(54-51)38-17-9-16-37(30-38)39-19-10-22-44-47(39)40-18-7-8-21-43(40)55-44/h1-31H. The zero-order chi connectivity index (χ0) is 37.0. The molecule has 262 valence electrons. The lowest BCUT2D eigenvalue weighted by Gasteiger charge is -2.11. The van der Waals surface area contributed by atoms with Gasteiger partial charge >= 0.3 is 0 Å². The number of hydrogen-bond acceptors (Lipinski definition) is 5. The summed E-state index contributed by atoms with van der Waals surface area (Å²) in [7, 11) is 0. The summed E-state index contributed by atoms with van der Waals surface area (Å²) >= 11 is 1.80. The summed E-state index contributed by atoms with van der Waals surface area (Å²) in [5.74, 6) is 1.90. The van der Waals surface area contributed by atoms with E-state index in [1.165, 1.54) is 37.0 Å². The zero-order valence-electron chi connectivity index (χ0n) is 30.1. The molecule has 3 heterocycles. The molecule has 4 nitrogen and oxygen atoms in total. The van der Waals surface area contributed by atoms with E-state index in [4.69, 9.17) is 19.4 Å². The number of para-hydroxylation sites is 1. The Bertz CT molecular complexity index is 3240. The third-order valence-electron chi connectivity index (χ3n) is 10.6. The van der Waals surface area contributed by atoms with Gasteiger partial charge in [-0.3, -0.25) is 0 Å². The number of rotatable bonds is 6. The molecule has 5 heteroatoms. The van der Waals surface area contributed by atoms with Gasteiger partial charge in [0.15, 0.2) is 17.5 Å². The summed E-state index contributed by atoms with van der Waals surface area (Å²) in [5, 5.41) is 4.54. The minimum atomic E-state index is 0.621. The topological polar surface area (TPSA) is 51.8 Å². The fourth-order valence-corrected chi connectivity index (χ4v) is 8.97. The van der Waals surface area contributed by atoms with Gasteiger partial charge in [0.05, 0.1) is 0 Å². The highest BCUT2D eigenvalue weighted by atomic mass is 32.1. The summed E-state index contributed by atoms with van der Waals surface area (Å²) in [6, 6.07) is 65.7. The molecule has 0 saturated heterocycles. The van der Waals surface area contributed by atoms with Crippen LogP contribution in [0, 0.1) is 0 Å². The van der Waals surface area contributed by atoms with Crippen molar-refractivity contribution in [1.82, 2.24) is 15.0 Å². The molecule has 0 radical (unpaired) electrons. The molecule has 0 atom stereocenters. The van der Waals surface area contributed by atoms with Crippen molar-refractivity contribution in [3.63, 3.8) is 0 Å². The van der Waals surface area contributed by atoms with E-state index >= 15 is 0 Å². The Morgan fingerprint density at radius 2 is 0.893 bits per heavy atom. The van der Waals surface area contributed by atoms with E-state index in [9.17, 15) is 0 Å². The van der Waals surface area contributed by atoms with Crippen LogP contribution < -0.4 is 0 Å². The van der Waals surface area contributed by atoms with Crippen LogP contribution in [0.3, 0.4) is 0 Å². The Hall–Kier alpha value is -7.21. The number of thiophene rings is 1. The second-order valence-corrected chi connectivity index (χ2v) is 15.0. The number of nitrogens with zero attached hydrogens (tertiary/aromatic N) is 3. The second-order valence-electron chi connectivity index (χ2n) is 14.0. The predicted octanol–water partition coefficient (Wildman–Crippen LogP) is 14.1. The average Bonchev–Trinajstić information content (AvgIpc) is 3.85. The van der Waals surface area contributed by atoms with Gasteiger partial charge in [-0.05, 0) is 69.8 Å². The molecule has 0 aliphatic rings. The minimum absolute atomic E-state index is 0.621. The fourth-order valence-electron chi connectivity index (χ4n) is 7.86. The van der Waals surface area contributed by atoms with Gasteiger partial charge in [-0.1, -0.05) is 152 Å². The zero-order valence-corrected chi connectivity index (χ0v) is 30.9. The van der Waals surface area contributed by atoms with Crippen molar-refractivity contribution in [3.8, 4) is 67.5 Å². The van der Waals surface area contributed by atoms with Gasteiger partial charge in [0.25, 0.3) is 0 Å². The van der Waals surface area contributed by atoms with Gasteiger partial charge in [-0.25, -0.2) is 15.0 Å². The molecule has 56 heavy (non-hydrogen) atoms. The lowest BCUT2D eigenvalue weighted by Crippen LogP contribution is -2.00. The van der Waals surface area contributed by atoms with E-state index in [-0.39, 0.29) is 0 Å². The lowest BCUT2D eigenvalue weighted by molar-refractivity contribution is 0.669. The maximum absolute atomic E-state index is 6.24. The van der Waals surface area contributed by atoms with E-state index in [0.717, 1.165) is 55.1 Å². The summed E-state index contributed by atoms with van der Waals surface area (Å²) in [6.45, 7) is 0. The monoisotopic (exact) mass is 733 g/mol. The third-order valence-corrected chi connectivity index (χ3v) is 11.7. The number of aromatic nitrogens is 3. The van der Waals surface area contributed by atoms with Crippen molar-refractivity contribution in [2.45, 2.75) is 0 Å². The van der Waals surface area contributed by atoms with Crippen LogP contribution in [0.25, 0.3) is 110 Å². The van der Waals surface area contributed by atoms with E-state index in [1.54, 1.807) is 11.3 Å². The molecule has 0 bridgehead atoms. The molecule has 3 aromatic heterocycles. The molecule has 0 aliphatic carbocycles. The highest BCUT2D eigenvalue weighted by Crippen LogP contribution is 2.42. The highest BCUT2D eigenvalue weighted by Gasteiger charge is 2.19. The molecule has 11 rings (SSSR count). The molecule has 11 aromatic rings. The minimum Gasteiger partial charge on any atom is -0.456 e. The Labute approximate surface area is 327 Å². The van der Waals surface area contributed by atoms with Crippen LogP contribution >= 0.6 is 11.3 Å². The van der Waals surface area contributed by atoms with Gasteiger partial charge in [-0.2, -0.15) is 0 Å². The molecule has 0 fully saturated rings. The Morgan fingerprint density at radius 3 is 1.71 bits per heavy atom. The quantitative estimate of drug-likeness (QED) is 0.171. The van der Waals surface area contributed by atoms with Crippen molar-refractivity contribution < 1.29 is 4.42 Å². The van der Waals surface area contributed by atoms with Gasteiger partial charge in [0.1, 0.15) is 11.2 Å². The van der Waals surface area contributed by atoms with Crippen LogP contribution in [-0.4, -0.2) is 15.0 Å². The van der Waals surface area contributed by atoms with Gasteiger partial charge in [-0.15, -0.1) is 11.3 Å². The summed E-state index contributed by atoms with van der Waals surface area (Å²) in [6.07, 6.45) is 0. The van der Waals surface area contributed by atoms with Crippen molar-refractivity contribution in [3.05, 3.63) is 188 Å². The van der Waals surface area contributed by atoms with Crippen LogP contribution in [0.2, 0.25) is 0 Å². The number of furan rings is 1. The first-order chi connectivity index (χ1) is 27.7. The van der Waals surface area contributed by atoms with Crippen LogP contribution in [0.5, 0.6) is 0 Å². The maximum atomic E-state index is 6.24. The van der Waals surface area contributed by atoms with E-state index < -0.39 is 0 Å². The van der Waals surface area contributed by atoms with Crippen LogP contribution in [-0.2, 0) is 0 Å². The smallest absolute Gasteiger partial charge is 0.164 e. The Kier molecular flexibility index (Phi) is 7.64. The normalized spacial score (nSPS) is 11.6.